The third-order valence-corrected chi connectivity index (χ3v) is 9.11. The molecule has 3 aromatic rings. The number of aromatic nitrogens is 1. The summed E-state index contributed by atoms with van der Waals surface area (Å²) in [5.74, 6) is -1.08. The lowest BCUT2D eigenvalue weighted by Gasteiger charge is -2.30. The number of hydrogen-bond donors (Lipinski definition) is 1. The molecule has 1 aliphatic rings. The normalized spacial score (nSPS) is 15.8. The first-order valence-electron chi connectivity index (χ1n) is 9.96. The fourth-order valence-electron chi connectivity index (χ4n) is 3.54. The van der Waals surface area contributed by atoms with Crippen LogP contribution in [0.1, 0.15) is 18.5 Å². The minimum absolute atomic E-state index is 0.0725. The van der Waals surface area contributed by atoms with Gasteiger partial charge in [0.2, 0.25) is 15.9 Å². The maximum atomic E-state index is 13.9. The fraction of sp³-hybridized carbons (Fsp3) is 0.333. The zero-order valence-electron chi connectivity index (χ0n) is 16.7. The predicted octanol–water partition coefficient (Wildman–Crippen LogP) is 3.77. The number of hydrogen-bond acceptors (Lipinski definition) is 6. The van der Waals surface area contributed by atoms with E-state index in [0.717, 1.165) is 21.6 Å². The molecule has 0 spiro atoms. The molecule has 0 saturated carbocycles. The molecule has 0 atom stereocenters. The van der Waals surface area contributed by atoms with E-state index in [1.54, 1.807) is 22.7 Å². The highest BCUT2D eigenvalue weighted by atomic mass is 32.2. The summed E-state index contributed by atoms with van der Waals surface area (Å²) in [6.45, 7) is 0.885. The minimum Gasteiger partial charge on any atom is -0.355 e. The number of thiazole rings is 1. The average molecular weight is 480 g/mol. The Hall–Kier alpha value is -2.14. The maximum absolute atomic E-state index is 13.9. The van der Waals surface area contributed by atoms with Gasteiger partial charge in [0, 0.05) is 37.4 Å². The van der Waals surface area contributed by atoms with Crippen LogP contribution >= 0.6 is 22.7 Å². The highest BCUT2D eigenvalue weighted by Gasteiger charge is 2.33. The molecule has 2 aromatic heterocycles. The van der Waals surface area contributed by atoms with E-state index in [4.69, 9.17) is 0 Å². The van der Waals surface area contributed by atoms with Crippen molar-refractivity contribution in [3.63, 3.8) is 0 Å². The van der Waals surface area contributed by atoms with Crippen LogP contribution in [0.2, 0.25) is 0 Å². The number of rotatable bonds is 7. The molecule has 1 amide bonds. The molecule has 1 N–H and O–H groups in total. The van der Waals surface area contributed by atoms with Gasteiger partial charge in [0.05, 0.1) is 10.6 Å². The van der Waals surface area contributed by atoms with Crippen molar-refractivity contribution in [2.75, 3.05) is 19.6 Å². The van der Waals surface area contributed by atoms with E-state index >= 15 is 0 Å². The van der Waals surface area contributed by atoms with Gasteiger partial charge < -0.3 is 5.32 Å². The molecule has 4 rings (SSSR count). The molecular formula is C21H22FN3O3S3. The summed E-state index contributed by atoms with van der Waals surface area (Å²) in [7, 11) is -3.89. The largest absolute Gasteiger partial charge is 0.355 e. The van der Waals surface area contributed by atoms with Crippen molar-refractivity contribution in [3.8, 4) is 9.88 Å². The number of carbonyl (C=O) groups is 1. The summed E-state index contributed by atoms with van der Waals surface area (Å²) in [5.41, 5.74) is 0.944. The Balaban J connectivity index is 1.25. The van der Waals surface area contributed by atoms with Crippen molar-refractivity contribution in [2.24, 2.45) is 5.92 Å². The first-order valence-corrected chi connectivity index (χ1v) is 13.2. The molecule has 164 valence electrons. The monoisotopic (exact) mass is 479 g/mol. The standard InChI is InChI=1S/C21H22FN3O3S3/c22-17-4-1-2-6-19(17)31(27,28)25-11-8-15(9-12-25)20(26)23-10-7-16-14-30-21(24-16)18-5-3-13-29-18/h1-6,13-15H,7-12H2,(H,23,26). The van der Waals surface area contributed by atoms with Crippen molar-refractivity contribution >= 4 is 38.6 Å². The molecule has 0 bridgehead atoms. The molecular weight excluding hydrogens is 457 g/mol. The molecule has 10 heteroatoms. The Morgan fingerprint density at radius 2 is 1.94 bits per heavy atom. The van der Waals surface area contributed by atoms with E-state index in [-0.39, 0.29) is 29.8 Å². The van der Waals surface area contributed by atoms with E-state index in [1.807, 2.05) is 22.9 Å². The maximum Gasteiger partial charge on any atom is 0.245 e. The number of nitrogens with zero attached hydrogens (tertiary/aromatic N) is 2. The number of piperidine rings is 1. The number of halogens is 1. The number of sulfonamides is 1. The van der Waals surface area contributed by atoms with Gasteiger partial charge in [0.15, 0.2) is 0 Å². The Morgan fingerprint density at radius 3 is 2.65 bits per heavy atom. The molecule has 0 aliphatic carbocycles. The number of amides is 1. The number of benzene rings is 1. The van der Waals surface area contributed by atoms with Gasteiger partial charge in [-0.3, -0.25) is 4.79 Å². The third kappa shape index (κ3) is 5.03. The third-order valence-electron chi connectivity index (χ3n) is 5.24. The zero-order chi connectivity index (χ0) is 21.8. The number of thiophene rings is 1. The summed E-state index contributed by atoms with van der Waals surface area (Å²) in [5, 5.41) is 7.95. The van der Waals surface area contributed by atoms with Gasteiger partial charge in [-0.05, 0) is 36.4 Å². The van der Waals surface area contributed by atoms with Gasteiger partial charge in [-0.25, -0.2) is 17.8 Å². The Morgan fingerprint density at radius 1 is 1.16 bits per heavy atom. The molecule has 0 unspecified atom stereocenters. The predicted molar refractivity (Wildman–Crippen MR) is 120 cm³/mol. The quantitative estimate of drug-likeness (QED) is 0.560. The summed E-state index contributed by atoms with van der Waals surface area (Å²) in [4.78, 5) is 17.9. The Labute approximate surface area is 188 Å². The molecule has 0 radical (unpaired) electrons. The molecule has 1 aliphatic heterocycles. The van der Waals surface area contributed by atoms with E-state index in [1.165, 1.54) is 22.5 Å². The summed E-state index contributed by atoms with van der Waals surface area (Å²) >= 11 is 3.24. The Bertz CT molecular complexity index is 1140. The highest BCUT2D eigenvalue weighted by Crippen LogP contribution is 2.28. The van der Waals surface area contributed by atoms with E-state index in [0.29, 0.717) is 25.8 Å². The van der Waals surface area contributed by atoms with Gasteiger partial charge >= 0.3 is 0 Å². The van der Waals surface area contributed by atoms with Gasteiger partial charge in [-0.1, -0.05) is 18.2 Å². The van der Waals surface area contributed by atoms with Gasteiger partial charge in [0.25, 0.3) is 0 Å². The van der Waals surface area contributed by atoms with Crippen LogP contribution in [0, 0.1) is 11.7 Å². The molecule has 31 heavy (non-hydrogen) atoms. The van der Waals surface area contributed by atoms with Gasteiger partial charge in [0.1, 0.15) is 15.7 Å². The van der Waals surface area contributed by atoms with Crippen LogP contribution in [0.25, 0.3) is 9.88 Å². The fourth-order valence-corrected chi connectivity index (χ4v) is 6.75. The van der Waals surface area contributed by atoms with Crippen LogP contribution in [0.4, 0.5) is 4.39 Å². The minimum atomic E-state index is -3.89. The molecule has 6 nitrogen and oxygen atoms in total. The molecule has 1 fully saturated rings. The number of carbonyl (C=O) groups excluding carboxylic acids is 1. The van der Waals surface area contributed by atoms with Gasteiger partial charge in [-0.2, -0.15) is 4.31 Å². The lowest BCUT2D eigenvalue weighted by molar-refractivity contribution is -0.126. The van der Waals surface area contributed by atoms with Crippen molar-refractivity contribution in [3.05, 3.63) is 58.7 Å². The van der Waals surface area contributed by atoms with Crippen LogP contribution in [0.15, 0.2) is 52.1 Å². The second-order valence-electron chi connectivity index (χ2n) is 7.27. The molecule has 1 aromatic carbocycles. The first kappa shape index (κ1) is 22.1. The van der Waals surface area contributed by atoms with Crippen molar-refractivity contribution in [1.29, 1.82) is 0 Å². The Kier molecular flexibility index (Phi) is 6.80. The van der Waals surface area contributed by atoms with Crippen molar-refractivity contribution in [1.82, 2.24) is 14.6 Å². The second kappa shape index (κ2) is 9.56. The van der Waals surface area contributed by atoms with Crippen molar-refractivity contribution in [2.45, 2.75) is 24.2 Å². The van der Waals surface area contributed by atoms with Crippen molar-refractivity contribution < 1.29 is 17.6 Å². The molecule has 1 saturated heterocycles. The highest BCUT2D eigenvalue weighted by molar-refractivity contribution is 7.89. The summed E-state index contributed by atoms with van der Waals surface area (Å²) < 4.78 is 40.6. The number of nitrogens with one attached hydrogen (secondary N) is 1. The summed E-state index contributed by atoms with van der Waals surface area (Å²) in [6.07, 6.45) is 1.48. The topological polar surface area (TPSA) is 79.4 Å². The van der Waals surface area contributed by atoms with Crippen LogP contribution in [0.3, 0.4) is 0 Å². The smallest absolute Gasteiger partial charge is 0.245 e. The average Bonchev–Trinajstić information content (AvgIpc) is 3.46. The first-order chi connectivity index (χ1) is 14.9. The van der Waals surface area contributed by atoms with Gasteiger partial charge in [-0.15, -0.1) is 22.7 Å². The second-order valence-corrected chi connectivity index (χ2v) is 11.0. The van der Waals surface area contributed by atoms with Crippen LogP contribution in [-0.4, -0.2) is 43.2 Å². The zero-order valence-corrected chi connectivity index (χ0v) is 19.1. The lowest BCUT2D eigenvalue weighted by Crippen LogP contribution is -2.43. The summed E-state index contributed by atoms with van der Waals surface area (Å²) in [6, 6.07) is 9.40. The van der Waals surface area contributed by atoms with Crippen LogP contribution in [0.5, 0.6) is 0 Å². The van der Waals surface area contributed by atoms with E-state index in [2.05, 4.69) is 10.3 Å². The molecule has 3 heterocycles. The lowest BCUT2D eigenvalue weighted by atomic mass is 9.97. The van der Waals surface area contributed by atoms with E-state index < -0.39 is 15.8 Å². The van der Waals surface area contributed by atoms with Crippen LogP contribution in [-0.2, 0) is 21.2 Å². The van der Waals surface area contributed by atoms with Crippen LogP contribution < -0.4 is 5.32 Å². The van der Waals surface area contributed by atoms with E-state index in [9.17, 15) is 17.6 Å². The SMILES string of the molecule is O=C(NCCc1csc(-c2cccs2)n1)C1CCN(S(=O)(=O)c2ccccc2F)CC1.